The molecular formula is C15H20O4. The van der Waals surface area contributed by atoms with Crippen LogP contribution in [0.5, 0.6) is 5.75 Å². The van der Waals surface area contributed by atoms with Crippen LogP contribution in [-0.4, -0.2) is 31.9 Å². The number of rotatable bonds is 7. The van der Waals surface area contributed by atoms with Crippen molar-refractivity contribution >= 4 is 5.97 Å². The van der Waals surface area contributed by atoms with E-state index >= 15 is 0 Å². The van der Waals surface area contributed by atoms with Crippen molar-refractivity contribution in [1.29, 1.82) is 0 Å². The average Bonchev–Trinajstić information content (AvgIpc) is 2.41. The molecule has 4 heteroatoms. The molecule has 0 unspecified atom stereocenters. The van der Waals surface area contributed by atoms with E-state index in [-0.39, 0.29) is 11.6 Å². The van der Waals surface area contributed by atoms with Gasteiger partial charge in [0.15, 0.2) is 0 Å². The zero-order valence-corrected chi connectivity index (χ0v) is 11.3. The van der Waals surface area contributed by atoms with Crippen LogP contribution >= 0.6 is 0 Å². The highest BCUT2D eigenvalue weighted by Gasteiger charge is 2.40. The summed E-state index contributed by atoms with van der Waals surface area (Å²) in [6.45, 7) is 0.985. The fourth-order valence-corrected chi connectivity index (χ4v) is 2.21. The molecule has 0 heterocycles. The minimum atomic E-state index is -0.312. The number of benzene rings is 1. The topological polar surface area (TPSA) is 44.8 Å². The van der Waals surface area contributed by atoms with E-state index in [4.69, 9.17) is 14.2 Å². The molecule has 4 nitrogen and oxygen atoms in total. The van der Waals surface area contributed by atoms with Gasteiger partial charge in [-0.15, -0.1) is 0 Å². The fraction of sp³-hybridized carbons (Fsp3) is 0.533. The maximum Gasteiger partial charge on any atom is 0.308 e. The Labute approximate surface area is 113 Å². The van der Waals surface area contributed by atoms with Gasteiger partial charge in [0.1, 0.15) is 12.4 Å². The van der Waals surface area contributed by atoms with Crippen LogP contribution in [-0.2, 0) is 14.3 Å². The van der Waals surface area contributed by atoms with Crippen molar-refractivity contribution in [3.8, 4) is 5.75 Å². The molecule has 104 valence electrons. The molecule has 0 amide bonds. The van der Waals surface area contributed by atoms with Crippen LogP contribution < -0.4 is 4.74 Å². The molecule has 1 aliphatic carbocycles. The first-order chi connectivity index (χ1) is 9.24. The second-order valence-corrected chi connectivity index (χ2v) is 4.80. The molecule has 1 saturated carbocycles. The number of methoxy groups -OCH3 is 1. The van der Waals surface area contributed by atoms with Crippen molar-refractivity contribution in [2.75, 3.05) is 20.3 Å². The van der Waals surface area contributed by atoms with E-state index in [0.717, 1.165) is 25.0 Å². The largest absolute Gasteiger partial charge is 0.491 e. The van der Waals surface area contributed by atoms with Crippen molar-refractivity contribution < 1.29 is 19.0 Å². The zero-order valence-electron chi connectivity index (χ0n) is 11.3. The highest BCUT2D eigenvalue weighted by atomic mass is 16.5. The van der Waals surface area contributed by atoms with Gasteiger partial charge in [-0.25, -0.2) is 0 Å². The van der Waals surface area contributed by atoms with Crippen LogP contribution in [0.1, 0.15) is 25.7 Å². The van der Waals surface area contributed by atoms with Crippen LogP contribution in [0.15, 0.2) is 30.3 Å². The van der Waals surface area contributed by atoms with Gasteiger partial charge in [-0.2, -0.15) is 0 Å². The SMILES string of the molecule is COC(=O)CC1(OCCOc2ccccc2)CCC1. The van der Waals surface area contributed by atoms with Gasteiger partial charge >= 0.3 is 5.97 Å². The van der Waals surface area contributed by atoms with Crippen molar-refractivity contribution in [3.05, 3.63) is 30.3 Å². The Balaban J connectivity index is 1.70. The number of carbonyl (C=O) groups excluding carboxylic acids is 1. The first-order valence-corrected chi connectivity index (χ1v) is 6.63. The first-order valence-electron chi connectivity index (χ1n) is 6.63. The fourth-order valence-electron chi connectivity index (χ4n) is 2.21. The Morgan fingerprint density at radius 3 is 2.53 bits per heavy atom. The van der Waals surface area contributed by atoms with Gasteiger partial charge in [0.2, 0.25) is 0 Å². The second kappa shape index (κ2) is 6.57. The molecule has 0 N–H and O–H groups in total. The molecule has 19 heavy (non-hydrogen) atoms. The maximum absolute atomic E-state index is 11.3. The third kappa shape index (κ3) is 3.96. The summed E-state index contributed by atoms with van der Waals surface area (Å²) in [5.41, 5.74) is -0.312. The van der Waals surface area contributed by atoms with Crippen molar-refractivity contribution in [2.24, 2.45) is 0 Å². The molecule has 0 atom stereocenters. The van der Waals surface area contributed by atoms with E-state index in [1.165, 1.54) is 7.11 Å². The van der Waals surface area contributed by atoms with Crippen molar-refractivity contribution in [1.82, 2.24) is 0 Å². The average molecular weight is 264 g/mol. The molecule has 1 fully saturated rings. The molecule has 2 rings (SSSR count). The lowest BCUT2D eigenvalue weighted by atomic mass is 9.77. The minimum absolute atomic E-state index is 0.205. The summed E-state index contributed by atoms with van der Waals surface area (Å²) >= 11 is 0. The predicted octanol–water partition coefficient (Wildman–Crippen LogP) is 2.57. The number of hydrogen-bond donors (Lipinski definition) is 0. The van der Waals surface area contributed by atoms with E-state index in [9.17, 15) is 4.79 Å². The summed E-state index contributed by atoms with van der Waals surface area (Å²) in [5, 5.41) is 0. The third-order valence-electron chi connectivity index (χ3n) is 3.46. The molecule has 0 bridgehead atoms. The monoisotopic (exact) mass is 264 g/mol. The Morgan fingerprint density at radius 1 is 1.21 bits per heavy atom. The third-order valence-corrected chi connectivity index (χ3v) is 3.46. The van der Waals surface area contributed by atoms with Crippen LogP contribution in [0, 0.1) is 0 Å². The van der Waals surface area contributed by atoms with Gasteiger partial charge in [-0.1, -0.05) is 18.2 Å². The summed E-state index contributed by atoms with van der Waals surface area (Å²) < 4.78 is 16.1. The molecule has 0 spiro atoms. The van der Waals surface area contributed by atoms with E-state index in [0.29, 0.717) is 19.6 Å². The lowest BCUT2D eigenvalue weighted by Crippen LogP contribution is -2.43. The van der Waals surface area contributed by atoms with E-state index in [1.807, 2.05) is 30.3 Å². The minimum Gasteiger partial charge on any atom is -0.491 e. The number of ether oxygens (including phenoxy) is 3. The highest BCUT2D eigenvalue weighted by molar-refractivity contribution is 5.70. The van der Waals surface area contributed by atoms with Gasteiger partial charge in [-0.05, 0) is 31.4 Å². The predicted molar refractivity (Wildman–Crippen MR) is 71.1 cm³/mol. The van der Waals surface area contributed by atoms with Crippen LogP contribution in [0.25, 0.3) is 0 Å². The van der Waals surface area contributed by atoms with Gasteiger partial charge in [-0.3, -0.25) is 4.79 Å². The maximum atomic E-state index is 11.3. The molecule has 1 aromatic rings. The molecule has 0 radical (unpaired) electrons. The number of para-hydroxylation sites is 1. The smallest absolute Gasteiger partial charge is 0.308 e. The number of esters is 1. The Hall–Kier alpha value is -1.55. The van der Waals surface area contributed by atoms with Crippen LogP contribution in [0.2, 0.25) is 0 Å². The summed E-state index contributed by atoms with van der Waals surface area (Å²) in [6, 6.07) is 9.63. The van der Waals surface area contributed by atoms with Crippen molar-refractivity contribution in [2.45, 2.75) is 31.3 Å². The zero-order chi connectivity index (χ0) is 13.6. The summed E-state index contributed by atoms with van der Waals surface area (Å²) in [5.74, 6) is 0.630. The second-order valence-electron chi connectivity index (χ2n) is 4.80. The molecule has 0 aromatic heterocycles. The van der Waals surface area contributed by atoms with Gasteiger partial charge in [0.05, 0.1) is 25.7 Å². The van der Waals surface area contributed by atoms with E-state index in [1.54, 1.807) is 0 Å². The van der Waals surface area contributed by atoms with Gasteiger partial charge < -0.3 is 14.2 Å². The lowest BCUT2D eigenvalue weighted by molar-refractivity contribution is -0.158. The summed E-state index contributed by atoms with van der Waals surface area (Å²) in [6.07, 6.45) is 3.30. The Morgan fingerprint density at radius 2 is 1.95 bits per heavy atom. The highest BCUT2D eigenvalue weighted by Crippen LogP contribution is 2.38. The number of hydrogen-bond acceptors (Lipinski definition) is 4. The normalized spacial score (nSPS) is 16.5. The van der Waals surface area contributed by atoms with E-state index < -0.39 is 0 Å². The quantitative estimate of drug-likeness (QED) is 0.561. The van der Waals surface area contributed by atoms with Crippen LogP contribution in [0.4, 0.5) is 0 Å². The first kappa shape index (κ1) is 13.9. The standard InChI is InChI=1S/C15H20O4/c1-17-14(16)12-15(8-5-9-15)19-11-10-18-13-6-3-2-4-7-13/h2-4,6-7H,5,8-12H2,1H3. The van der Waals surface area contributed by atoms with Gasteiger partial charge in [0, 0.05) is 0 Å². The summed E-state index contributed by atoms with van der Waals surface area (Å²) in [4.78, 5) is 11.3. The molecule has 1 aromatic carbocycles. The summed E-state index contributed by atoms with van der Waals surface area (Å²) in [7, 11) is 1.41. The molecular weight excluding hydrogens is 244 g/mol. The van der Waals surface area contributed by atoms with Crippen molar-refractivity contribution in [3.63, 3.8) is 0 Å². The molecule has 1 aliphatic rings. The lowest BCUT2D eigenvalue weighted by Gasteiger charge is -2.40. The Kier molecular flexibility index (Phi) is 4.80. The number of carbonyl (C=O) groups is 1. The Bertz CT molecular complexity index is 398. The van der Waals surface area contributed by atoms with Gasteiger partial charge in [0.25, 0.3) is 0 Å². The van der Waals surface area contributed by atoms with Crippen LogP contribution in [0.3, 0.4) is 0 Å². The molecule has 0 aliphatic heterocycles. The molecule has 0 saturated heterocycles. The van der Waals surface area contributed by atoms with E-state index in [2.05, 4.69) is 0 Å².